The molecule has 1 fully saturated rings. The third-order valence-electron chi connectivity index (χ3n) is 7.75. The van der Waals surface area contributed by atoms with Gasteiger partial charge in [0.1, 0.15) is 12.1 Å². The van der Waals surface area contributed by atoms with Gasteiger partial charge in [0.05, 0.1) is 34.7 Å². The van der Waals surface area contributed by atoms with Gasteiger partial charge < -0.3 is 9.47 Å². The first-order valence-electron chi connectivity index (χ1n) is 12.8. The minimum absolute atomic E-state index is 0.0582. The summed E-state index contributed by atoms with van der Waals surface area (Å²) < 4.78 is 5.17. The molecule has 5 heterocycles. The van der Waals surface area contributed by atoms with Crippen LogP contribution < -0.4 is 10.5 Å². The van der Waals surface area contributed by atoms with Crippen molar-refractivity contribution in [1.82, 2.24) is 28.9 Å². The molecule has 9 heteroatoms. The fraction of sp³-hybridized carbons (Fsp3) is 0.481. The molecule has 1 aliphatic heterocycles. The first-order valence-corrected chi connectivity index (χ1v) is 12.8. The summed E-state index contributed by atoms with van der Waals surface area (Å²) >= 11 is 0. The van der Waals surface area contributed by atoms with Crippen molar-refractivity contribution >= 4 is 22.2 Å². The lowest BCUT2D eigenvalue weighted by atomic mass is 9.96. The molecule has 4 aromatic heterocycles. The third-order valence-corrected chi connectivity index (χ3v) is 7.75. The number of hydrogen-bond donors (Lipinski definition) is 0. The van der Waals surface area contributed by atoms with E-state index in [1.54, 1.807) is 28.6 Å². The van der Waals surface area contributed by atoms with Crippen LogP contribution in [0.3, 0.4) is 0 Å². The summed E-state index contributed by atoms with van der Waals surface area (Å²) in [6, 6.07) is 11.2. The van der Waals surface area contributed by atoms with E-state index in [1.165, 1.54) is 5.56 Å². The van der Waals surface area contributed by atoms with Gasteiger partial charge in [0, 0.05) is 50.5 Å². The monoisotopic (exact) mass is 486 g/mol. The van der Waals surface area contributed by atoms with Gasteiger partial charge in [-0.1, -0.05) is 13.8 Å². The largest absolute Gasteiger partial charge is 0.364 e. The molecule has 0 amide bonds. The van der Waals surface area contributed by atoms with Crippen LogP contribution in [-0.4, -0.2) is 54.0 Å². The maximum atomic E-state index is 12.9. The van der Waals surface area contributed by atoms with E-state index < -0.39 is 0 Å². The van der Waals surface area contributed by atoms with E-state index >= 15 is 0 Å². The van der Waals surface area contributed by atoms with Crippen molar-refractivity contribution in [2.24, 2.45) is 7.05 Å². The second-order valence-corrected chi connectivity index (χ2v) is 9.91. The average molecular weight is 487 g/mol. The third kappa shape index (κ3) is 4.05. The number of aromatic nitrogens is 5. The van der Waals surface area contributed by atoms with Crippen LogP contribution in [-0.2, 0) is 13.6 Å². The number of hydrogen-bond acceptors (Lipinski definition) is 6. The highest BCUT2D eigenvalue weighted by atomic mass is 16.1. The highest BCUT2D eigenvalue weighted by molar-refractivity contribution is 5.88. The van der Waals surface area contributed by atoms with Crippen LogP contribution in [0.25, 0.3) is 16.6 Å². The molecule has 0 aromatic carbocycles. The number of piperazine rings is 1. The molecule has 4 aromatic rings. The maximum absolute atomic E-state index is 12.9. The fourth-order valence-corrected chi connectivity index (χ4v) is 5.66. The molecule has 9 nitrogen and oxygen atoms in total. The fourth-order valence-electron chi connectivity index (χ4n) is 5.66. The number of aryl methyl sites for hydroxylation is 2. The van der Waals surface area contributed by atoms with Crippen LogP contribution in [0, 0.1) is 18.3 Å². The molecule has 0 spiro atoms. The van der Waals surface area contributed by atoms with Gasteiger partial charge >= 0.3 is 0 Å². The SMILES string of the molecule is CC[C@H]1CN(C(C)c2ccn3nc(C)cc3c2)[C@H](CC)CN1c1cc(=O)n(C)c2cn(CC#N)nc12. The number of nitriles is 1. The Labute approximate surface area is 211 Å². The van der Waals surface area contributed by atoms with Crippen molar-refractivity contribution in [3.05, 3.63) is 58.3 Å². The first-order chi connectivity index (χ1) is 17.3. The number of rotatable bonds is 6. The first kappa shape index (κ1) is 24.1. The standard InChI is InChI=1S/C27H34N8O/c1-6-21-16-34(24-14-26(36)31(5)25-17-32(11-9-28)30-27(24)25)22(7-2)15-33(21)19(4)20-8-10-35-23(13-20)12-18(3)29-35/h8,10,12-14,17,19,21-22H,6-7,11,15-16H2,1-5H3/t19?,21-,22+/m1/s1. The van der Waals surface area contributed by atoms with Gasteiger partial charge in [-0.25, -0.2) is 4.52 Å². The van der Waals surface area contributed by atoms with E-state index in [0.29, 0.717) is 6.04 Å². The highest BCUT2D eigenvalue weighted by Gasteiger charge is 2.36. The lowest BCUT2D eigenvalue weighted by Gasteiger charge is -2.49. The van der Waals surface area contributed by atoms with Gasteiger partial charge in [0.25, 0.3) is 5.56 Å². The quantitative estimate of drug-likeness (QED) is 0.413. The number of pyridine rings is 2. The molecule has 0 bridgehead atoms. The molecule has 0 saturated carbocycles. The predicted octanol–water partition coefficient (Wildman–Crippen LogP) is 3.66. The molecule has 1 saturated heterocycles. The smallest absolute Gasteiger partial charge is 0.252 e. The van der Waals surface area contributed by atoms with Gasteiger partial charge in [-0.2, -0.15) is 15.5 Å². The van der Waals surface area contributed by atoms with E-state index in [4.69, 9.17) is 10.4 Å². The molecule has 5 rings (SSSR count). The van der Waals surface area contributed by atoms with Gasteiger partial charge in [-0.3, -0.25) is 14.4 Å². The molecule has 0 aliphatic carbocycles. The summed E-state index contributed by atoms with van der Waals surface area (Å²) in [5, 5.41) is 18.4. The summed E-state index contributed by atoms with van der Waals surface area (Å²) in [6.45, 7) is 10.6. The number of anilines is 1. The zero-order valence-corrected chi connectivity index (χ0v) is 21.7. The van der Waals surface area contributed by atoms with E-state index in [9.17, 15) is 4.79 Å². The Kier molecular flexibility index (Phi) is 6.31. The lowest BCUT2D eigenvalue weighted by molar-refractivity contribution is 0.101. The Morgan fingerprint density at radius 3 is 2.64 bits per heavy atom. The number of fused-ring (bicyclic) bond motifs is 2. The second kappa shape index (κ2) is 9.43. The van der Waals surface area contributed by atoms with Gasteiger partial charge in [-0.05, 0) is 50.5 Å². The molecule has 188 valence electrons. The van der Waals surface area contributed by atoms with Gasteiger partial charge in [0.15, 0.2) is 0 Å². The van der Waals surface area contributed by atoms with Gasteiger partial charge in [0.2, 0.25) is 0 Å². The molecule has 0 radical (unpaired) electrons. The summed E-state index contributed by atoms with van der Waals surface area (Å²) in [4.78, 5) is 17.9. The summed E-state index contributed by atoms with van der Waals surface area (Å²) in [6.07, 6.45) is 5.81. The Bertz CT molecular complexity index is 1510. The Balaban J connectivity index is 1.50. The van der Waals surface area contributed by atoms with Crippen molar-refractivity contribution < 1.29 is 0 Å². The maximum Gasteiger partial charge on any atom is 0.252 e. The lowest BCUT2D eigenvalue weighted by Crippen LogP contribution is -2.58. The summed E-state index contributed by atoms with van der Waals surface area (Å²) in [7, 11) is 1.76. The van der Waals surface area contributed by atoms with Crippen molar-refractivity contribution in [3.8, 4) is 6.07 Å². The van der Waals surface area contributed by atoms with Crippen molar-refractivity contribution in [2.45, 2.75) is 65.2 Å². The average Bonchev–Trinajstić information content (AvgIpc) is 3.47. The summed E-state index contributed by atoms with van der Waals surface area (Å²) in [5.41, 5.74) is 5.78. The molecular weight excluding hydrogens is 452 g/mol. The van der Waals surface area contributed by atoms with E-state index in [-0.39, 0.29) is 24.2 Å². The van der Waals surface area contributed by atoms with E-state index in [0.717, 1.165) is 53.9 Å². The molecule has 1 aliphatic rings. The van der Waals surface area contributed by atoms with Crippen LogP contribution in [0.5, 0.6) is 0 Å². The molecular formula is C27H34N8O. The minimum Gasteiger partial charge on any atom is -0.364 e. The van der Waals surface area contributed by atoms with Crippen molar-refractivity contribution in [1.29, 1.82) is 5.26 Å². The van der Waals surface area contributed by atoms with Gasteiger partial charge in [-0.15, -0.1) is 0 Å². The topological polar surface area (TPSA) is 87.4 Å². The van der Waals surface area contributed by atoms with Crippen LogP contribution in [0.15, 0.2) is 41.5 Å². The highest BCUT2D eigenvalue weighted by Crippen LogP contribution is 2.34. The molecule has 3 atom stereocenters. The zero-order valence-electron chi connectivity index (χ0n) is 21.7. The normalized spacial score (nSPS) is 19.7. The zero-order chi connectivity index (χ0) is 25.6. The summed E-state index contributed by atoms with van der Waals surface area (Å²) in [5.74, 6) is 0. The van der Waals surface area contributed by atoms with E-state index in [2.05, 4.69) is 66.1 Å². The van der Waals surface area contributed by atoms with Crippen molar-refractivity contribution in [3.63, 3.8) is 0 Å². The molecule has 0 N–H and O–H groups in total. The molecule has 36 heavy (non-hydrogen) atoms. The second-order valence-electron chi connectivity index (χ2n) is 9.91. The Hall–Kier alpha value is -3.64. The number of nitrogens with zero attached hydrogens (tertiary/aromatic N) is 8. The predicted molar refractivity (Wildman–Crippen MR) is 141 cm³/mol. The van der Waals surface area contributed by atoms with Crippen molar-refractivity contribution in [2.75, 3.05) is 18.0 Å². The van der Waals surface area contributed by atoms with Crippen LogP contribution in [0.1, 0.15) is 50.9 Å². The molecule has 1 unspecified atom stereocenters. The Morgan fingerprint density at radius 2 is 1.92 bits per heavy atom. The minimum atomic E-state index is -0.0582. The Morgan fingerprint density at radius 1 is 1.14 bits per heavy atom. The van der Waals surface area contributed by atoms with Crippen LogP contribution in [0.4, 0.5) is 5.69 Å². The van der Waals surface area contributed by atoms with Crippen LogP contribution >= 0.6 is 0 Å². The van der Waals surface area contributed by atoms with E-state index in [1.807, 2.05) is 11.4 Å². The van der Waals surface area contributed by atoms with Crippen LogP contribution in [0.2, 0.25) is 0 Å².